The molecule has 0 aromatic heterocycles. The van der Waals surface area contributed by atoms with Crippen molar-refractivity contribution in [3.05, 3.63) is 28.7 Å². The van der Waals surface area contributed by atoms with Crippen molar-refractivity contribution in [1.82, 2.24) is 4.90 Å². The fraction of sp³-hybridized carbons (Fsp3) is 0.625. The summed E-state index contributed by atoms with van der Waals surface area (Å²) in [6.07, 6.45) is 6.95. The van der Waals surface area contributed by atoms with E-state index in [9.17, 15) is 0 Å². The maximum atomic E-state index is 5.82. The number of hydrogen-bond donors (Lipinski definition) is 0. The number of nitrogens with zero attached hydrogens (tertiary/aromatic N) is 1. The SMILES string of the molecule is CCN(CCOc1ccc(Br)cc1)C1CCCCC1. The van der Waals surface area contributed by atoms with Gasteiger partial charge in [-0.05, 0) is 43.7 Å². The van der Waals surface area contributed by atoms with Crippen molar-refractivity contribution in [3.8, 4) is 5.75 Å². The maximum Gasteiger partial charge on any atom is 0.119 e. The molecule has 0 radical (unpaired) electrons. The highest BCUT2D eigenvalue weighted by Crippen LogP contribution is 2.22. The van der Waals surface area contributed by atoms with Crippen LogP contribution in [0.15, 0.2) is 28.7 Å². The van der Waals surface area contributed by atoms with Crippen LogP contribution < -0.4 is 4.74 Å². The van der Waals surface area contributed by atoms with Gasteiger partial charge in [-0.2, -0.15) is 0 Å². The molecular formula is C16H24BrNO. The highest BCUT2D eigenvalue weighted by Gasteiger charge is 2.19. The van der Waals surface area contributed by atoms with Gasteiger partial charge < -0.3 is 4.74 Å². The fourth-order valence-corrected chi connectivity index (χ4v) is 3.12. The zero-order chi connectivity index (χ0) is 13.5. The quantitative estimate of drug-likeness (QED) is 0.764. The lowest BCUT2D eigenvalue weighted by Crippen LogP contribution is -2.39. The van der Waals surface area contributed by atoms with Gasteiger partial charge in [-0.15, -0.1) is 0 Å². The molecule has 1 saturated carbocycles. The molecule has 1 aromatic rings. The summed E-state index contributed by atoms with van der Waals surface area (Å²) in [7, 11) is 0. The number of ether oxygens (including phenoxy) is 1. The van der Waals surface area contributed by atoms with Crippen molar-refractivity contribution < 1.29 is 4.74 Å². The van der Waals surface area contributed by atoms with Crippen LogP contribution in [-0.2, 0) is 0 Å². The molecule has 0 saturated heterocycles. The molecule has 2 rings (SSSR count). The predicted octanol–water partition coefficient (Wildman–Crippen LogP) is 4.48. The lowest BCUT2D eigenvalue weighted by Gasteiger charge is -2.33. The third kappa shape index (κ3) is 4.81. The molecule has 1 aliphatic rings. The Morgan fingerprint density at radius 3 is 2.47 bits per heavy atom. The first-order valence-corrected chi connectivity index (χ1v) is 8.21. The molecule has 0 amide bonds. The van der Waals surface area contributed by atoms with Gasteiger partial charge in [-0.3, -0.25) is 4.90 Å². The van der Waals surface area contributed by atoms with E-state index in [1.165, 1.54) is 32.1 Å². The van der Waals surface area contributed by atoms with Crippen LogP contribution >= 0.6 is 15.9 Å². The average molecular weight is 326 g/mol. The summed E-state index contributed by atoms with van der Waals surface area (Å²) in [5.41, 5.74) is 0. The summed E-state index contributed by atoms with van der Waals surface area (Å²) in [4.78, 5) is 2.58. The Bertz CT molecular complexity index is 360. The van der Waals surface area contributed by atoms with Crippen molar-refractivity contribution in [2.45, 2.75) is 45.1 Å². The van der Waals surface area contributed by atoms with Gasteiger partial charge in [0, 0.05) is 17.1 Å². The van der Waals surface area contributed by atoms with Crippen molar-refractivity contribution in [3.63, 3.8) is 0 Å². The van der Waals surface area contributed by atoms with Crippen molar-refractivity contribution in [2.24, 2.45) is 0 Å². The van der Waals surface area contributed by atoms with Crippen molar-refractivity contribution in [1.29, 1.82) is 0 Å². The van der Waals surface area contributed by atoms with Gasteiger partial charge in [0.2, 0.25) is 0 Å². The zero-order valence-corrected chi connectivity index (χ0v) is 13.4. The monoisotopic (exact) mass is 325 g/mol. The molecule has 0 N–H and O–H groups in total. The first-order chi connectivity index (χ1) is 9.29. The molecule has 1 aromatic carbocycles. The van der Waals surface area contributed by atoms with Gasteiger partial charge in [0.25, 0.3) is 0 Å². The van der Waals surface area contributed by atoms with E-state index in [1.54, 1.807) is 0 Å². The highest BCUT2D eigenvalue weighted by atomic mass is 79.9. The second-order valence-corrected chi connectivity index (χ2v) is 6.14. The summed E-state index contributed by atoms with van der Waals surface area (Å²) in [6.45, 7) is 5.21. The second kappa shape index (κ2) is 7.91. The number of hydrogen-bond acceptors (Lipinski definition) is 2. The molecule has 3 heteroatoms. The molecule has 2 nitrogen and oxygen atoms in total. The number of halogens is 1. The van der Waals surface area contributed by atoms with Gasteiger partial charge in [-0.1, -0.05) is 42.1 Å². The Balaban J connectivity index is 1.74. The standard InChI is InChI=1S/C16H24BrNO/c1-2-18(15-6-4-3-5-7-15)12-13-19-16-10-8-14(17)9-11-16/h8-11,15H,2-7,12-13H2,1H3. The number of rotatable bonds is 6. The Morgan fingerprint density at radius 2 is 1.84 bits per heavy atom. The molecule has 0 heterocycles. The first-order valence-electron chi connectivity index (χ1n) is 7.42. The molecule has 106 valence electrons. The lowest BCUT2D eigenvalue weighted by molar-refractivity contribution is 0.137. The summed E-state index contributed by atoms with van der Waals surface area (Å²) >= 11 is 3.44. The Hall–Kier alpha value is -0.540. The van der Waals surface area contributed by atoms with Crippen LogP contribution in [0, 0.1) is 0 Å². The summed E-state index contributed by atoms with van der Waals surface area (Å²) in [6, 6.07) is 8.86. The minimum atomic E-state index is 0.784. The van der Waals surface area contributed by atoms with E-state index >= 15 is 0 Å². The molecule has 0 bridgehead atoms. The van der Waals surface area contributed by atoms with Gasteiger partial charge in [0.1, 0.15) is 12.4 Å². The Kier molecular flexibility index (Phi) is 6.18. The normalized spacial score (nSPS) is 16.8. The van der Waals surface area contributed by atoms with Gasteiger partial charge in [0.05, 0.1) is 0 Å². The third-order valence-corrected chi connectivity index (χ3v) is 4.49. The summed E-state index contributed by atoms with van der Waals surface area (Å²) in [5, 5.41) is 0. The van der Waals surface area contributed by atoms with Crippen LogP contribution in [0.1, 0.15) is 39.0 Å². The average Bonchev–Trinajstić information content (AvgIpc) is 2.46. The molecule has 0 atom stereocenters. The zero-order valence-electron chi connectivity index (χ0n) is 11.8. The lowest BCUT2D eigenvalue weighted by atomic mass is 9.94. The van der Waals surface area contributed by atoms with Crippen LogP contribution in [0.5, 0.6) is 5.75 Å². The first kappa shape index (κ1) is 14.9. The summed E-state index contributed by atoms with van der Waals surface area (Å²) < 4.78 is 6.92. The molecule has 0 spiro atoms. The van der Waals surface area contributed by atoms with Gasteiger partial charge >= 0.3 is 0 Å². The molecule has 1 fully saturated rings. The summed E-state index contributed by atoms with van der Waals surface area (Å²) in [5.74, 6) is 0.961. The fourth-order valence-electron chi connectivity index (χ4n) is 2.86. The van der Waals surface area contributed by atoms with Gasteiger partial charge in [0.15, 0.2) is 0 Å². The minimum Gasteiger partial charge on any atom is -0.492 e. The molecule has 1 aliphatic carbocycles. The van der Waals surface area contributed by atoms with Crippen LogP contribution in [-0.4, -0.2) is 30.6 Å². The maximum absolute atomic E-state index is 5.82. The van der Waals surface area contributed by atoms with E-state index in [4.69, 9.17) is 4.74 Å². The van der Waals surface area contributed by atoms with E-state index in [0.29, 0.717) is 0 Å². The number of benzene rings is 1. The van der Waals surface area contributed by atoms with Crippen LogP contribution in [0.2, 0.25) is 0 Å². The second-order valence-electron chi connectivity index (χ2n) is 5.22. The van der Waals surface area contributed by atoms with Gasteiger partial charge in [-0.25, -0.2) is 0 Å². The van der Waals surface area contributed by atoms with E-state index < -0.39 is 0 Å². The number of likely N-dealkylation sites (N-methyl/N-ethyl adjacent to an activating group) is 1. The van der Waals surface area contributed by atoms with Crippen LogP contribution in [0.25, 0.3) is 0 Å². The predicted molar refractivity (Wildman–Crippen MR) is 83.8 cm³/mol. The Labute approximate surface area is 125 Å². The topological polar surface area (TPSA) is 12.5 Å². The van der Waals surface area contributed by atoms with E-state index in [-0.39, 0.29) is 0 Å². The smallest absolute Gasteiger partial charge is 0.119 e. The van der Waals surface area contributed by atoms with Crippen LogP contribution in [0.3, 0.4) is 0 Å². The van der Waals surface area contributed by atoms with E-state index in [1.807, 2.05) is 24.3 Å². The minimum absolute atomic E-state index is 0.784. The van der Waals surface area contributed by atoms with E-state index in [0.717, 1.165) is 36.0 Å². The molecule has 0 aliphatic heterocycles. The van der Waals surface area contributed by atoms with E-state index in [2.05, 4.69) is 27.8 Å². The van der Waals surface area contributed by atoms with Crippen LogP contribution in [0.4, 0.5) is 0 Å². The Morgan fingerprint density at radius 1 is 1.16 bits per heavy atom. The molecule has 19 heavy (non-hydrogen) atoms. The highest BCUT2D eigenvalue weighted by molar-refractivity contribution is 9.10. The molecular weight excluding hydrogens is 302 g/mol. The van der Waals surface area contributed by atoms with Crippen molar-refractivity contribution >= 4 is 15.9 Å². The largest absolute Gasteiger partial charge is 0.492 e. The van der Waals surface area contributed by atoms with Crippen molar-refractivity contribution in [2.75, 3.05) is 19.7 Å². The molecule has 0 unspecified atom stereocenters. The third-order valence-electron chi connectivity index (χ3n) is 3.96.